The van der Waals surface area contributed by atoms with E-state index in [1.807, 2.05) is 0 Å². The molecule has 0 aliphatic heterocycles. The smallest absolute Gasteiger partial charge is 0.416 e. The van der Waals surface area contributed by atoms with Crippen LogP contribution in [-0.4, -0.2) is 26.4 Å². The number of hydrogen-bond donors (Lipinski definition) is 1. The second kappa shape index (κ2) is 5.88. The van der Waals surface area contributed by atoms with Gasteiger partial charge in [0.15, 0.2) is 0 Å². The molecule has 0 saturated heterocycles. The second-order valence-corrected chi connectivity index (χ2v) is 3.46. The number of halogens is 3. The number of benzene rings is 1. The molecule has 0 bridgehead atoms. The second-order valence-electron chi connectivity index (χ2n) is 3.46. The molecule has 0 spiro atoms. The molecule has 0 fully saturated rings. The van der Waals surface area contributed by atoms with Gasteiger partial charge in [-0.2, -0.15) is 13.2 Å². The van der Waals surface area contributed by atoms with E-state index in [9.17, 15) is 13.2 Å². The van der Waals surface area contributed by atoms with Crippen molar-refractivity contribution in [2.24, 2.45) is 5.73 Å². The number of ether oxygens (including phenoxy) is 2. The molecule has 2 N–H and O–H groups in total. The van der Waals surface area contributed by atoms with Crippen LogP contribution in [0.3, 0.4) is 0 Å². The highest BCUT2D eigenvalue weighted by molar-refractivity contribution is 5.30. The highest BCUT2D eigenvalue weighted by Crippen LogP contribution is 2.31. The first kappa shape index (κ1) is 13.8. The average molecular weight is 249 g/mol. The van der Waals surface area contributed by atoms with Crippen LogP contribution in [-0.2, 0) is 10.9 Å². The van der Waals surface area contributed by atoms with Gasteiger partial charge in [0.2, 0.25) is 0 Å². The molecule has 6 heteroatoms. The van der Waals surface area contributed by atoms with Crippen LogP contribution in [0.25, 0.3) is 0 Å². The van der Waals surface area contributed by atoms with Gasteiger partial charge in [0.1, 0.15) is 11.9 Å². The molecule has 1 aromatic carbocycles. The molecule has 96 valence electrons. The monoisotopic (exact) mass is 249 g/mol. The van der Waals surface area contributed by atoms with Crippen molar-refractivity contribution in [1.29, 1.82) is 0 Å². The highest BCUT2D eigenvalue weighted by atomic mass is 19.4. The van der Waals surface area contributed by atoms with Gasteiger partial charge in [-0.3, -0.25) is 0 Å². The Morgan fingerprint density at radius 2 is 2.06 bits per heavy atom. The van der Waals surface area contributed by atoms with E-state index in [1.165, 1.54) is 19.2 Å². The van der Waals surface area contributed by atoms with Crippen LogP contribution in [0.15, 0.2) is 24.3 Å². The van der Waals surface area contributed by atoms with Crippen molar-refractivity contribution in [3.63, 3.8) is 0 Å². The largest absolute Gasteiger partial charge is 0.487 e. The van der Waals surface area contributed by atoms with Crippen molar-refractivity contribution in [2.45, 2.75) is 12.3 Å². The Kier molecular flexibility index (Phi) is 4.77. The average Bonchev–Trinajstić information content (AvgIpc) is 2.28. The standard InChI is InChI=1S/C11H14F3NO2/c1-16-7-10(6-15)17-9-4-2-3-8(5-9)11(12,13)14/h2-5,10H,6-7,15H2,1H3. The predicted molar refractivity (Wildman–Crippen MR) is 56.8 cm³/mol. The zero-order valence-corrected chi connectivity index (χ0v) is 9.33. The van der Waals surface area contributed by atoms with Crippen LogP contribution in [0.4, 0.5) is 13.2 Å². The van der Waals surface area contributed by atoms with Crippen molar-refractivity contribution >= 4 is 0 Å². The third-order valence-corrected chi connectivity index (χ3v) is 2.08. The number of methoxy groups -OCH3 is 1. The fourth-order valence-electron chi connectivity index (χ4n) is 1.27. The van der Waals surface area contributed by atoms with Crippen LogP contribution in [0, 0.1) is 0 Å². The molecular weight excluding hydrogens is 235 g/mol. The Labute approximate surface area is 97.3 Å². The summed E-state index contributed by atoms with van der Waals surface area (Å²) in [4.78, 5) is 0. The van der Waals surface area contributed by atoms with E-state index >= 15 is 0 Å². The van der Waals surface area contributed by atoms with E-state index in [0.29, 0.717) is 0 Å². The van der Waals surface area contributed by atoms with Gasteiger partial charge < -0.3 is 15.2 Å². The summed E-state index contributed by atoms with van der Waals surface area (Å²) in [5, 5.41) is 0. The summed E-state index contributed by atoms with van der Waals surface area (Å²) in [5.74, 6) is 0.132. The van der Waals surface area contributed by atoms with Crippen molar-refractivity contribution in [3.05, 3.63) is 29.8 Å². The van der Waals surface area contributed by atoms with Crippen molar-refractivity contribution in [3.8, 4) is 5.75 Å². The Morgan fingerprint density at radius 3 is 2.59 bits per heavy atom. The number of alkyl halides is 3. The van der Waals surface area contributed by atoms with Gasteiger partial charge in [0.05, 0.1) is 12.2 Å². The summed E-state index contributed by atoms with van der Waals surface area (Å²) < 4.78 is 47.4. The Balaban J connectivity index is 2.78. The quantitative estimate of drug-likeness (QED) is 0.868. The van der Waals surface area contributed by atoms with Crippen molar-refractivity contribution in [1.82, 2.24) is 0 Å². The van der Waals surface area contributed by atoms with Crippen molar-refractivity contribution < 1.29 is 22.6 Å². The summed E-state index contributed by atoms with van der Waals surface area (Å²) in [6.45, 7) is 0.400. The first-order valence-electron chi connectivity index (χ1n) is 5.00. The molecule has 0 radical (unpaired) electrons. The maximum Gasteiger partial charge on any atom is 0.416 e. The van der Waals surface area contributed by atoms with E-state index in [2.05, 4.69) is 0 Å². The molecule has 0 aromatic heterocycles. The molecule has 1 aromatic rings. The molecule has 3 nitrogen and oxygen atoms in total. The van der Waals surface area contributed by atoms with Crippen LogP contribution in [0.2, 0.25) is 0 Å². The number of nitrogens with two attached hydrogens (primary N) is 1. The van der Waals surface area contributed by atoms with Crippen LogP contribution >= 0.6 is 0 Å². The lowest BCUT2D eigenvalue weighted by atomic mass is 10.2. The zero-order valence-electron chi connectivity index (χ0n) is 9.33. The van der Waals surface area contributed by atoms with E-state index in [4.69, 9.17) is 15.2 Å². The van der Waals surface area contributed by atoms with Crippen LogP contribution < -0.4 is 10.5 Å². The van der Waals surface area contributed by atoms with Gasteiger partial charge in [0.25, 0.3) is 0 Å². The zero-order chi connectivity index (χ0) is 12.9. The Hall–Kier alpha value is -1.27. The summed E-state index contributed by atoms with van der Waals surface area (Å²) in [5.41, 5.74) is 4.66. The molecule has 17 heavy (non-hydrogen) atoms. The van der Waals surface area contributed by atoms with E-state index in [-0.39, 0.29) is 18.9 Å². The summed E-state index contributed by atoms with van der Waals surface area (Å²) >= 11 is 0. The lowest BCUT2D eigenvalue weighted by Gasteiger charge is -2.17. The third kappa shape index (κ3) is 4.24. The molecule has 0 heterocycles. The van der Waals surface area contributed by atoms with Crippen molar-refractivity contribution in [2.75, 3.05) is 20.3 Å². The van der Waals surface area contributed by atoms with Gasteiger partial charge in [-0.25, -0.2) is 0 Å². The maximum absolute atomic E-state index is 12.4. The molecule has 0 saturated carbocycles. The third-order valence-electron chi connectivity index (χ3n) is 2.08. The Morgan fingerprint density at radius 1 is 1.35 bits per heavy atom. The first-order chi connectivity index (χ1) is 7.97. The first-order valence-corrected chi connectivity index (χ1v) is 5.00. The van der Waals surface area contributed by atoms with E-state index in [0.717, 1.165) is 12.1 Å². The minimum absolute atomic E-state index is 0.132. The highest BCUT2D eigenvalue weighted by Gasteiger charge is 2.30. The fraction of sp³-hybridized carbons (Fsp3) is 0.455. The summed E-state index contributed by atoms with van der Waals surface area (Å²) in [7, 11) is 1.47. The molecular formula is C11H14F3NO2. The molecule has 0 aliphatic carbocycles. The summed E-state index contributed by atoms with van der Waals surface area (Å²) in [6, 6.07) is 4.67. The van der Waals surface area contributed by atoms with Gasteiger partial charge >= 0.3 is 6.18 Å². The molecule has 0 amide bonds. The molecule has 1 atom stereocenters. The number of rotatable bonds is 5. The predicted octanol–water partition coefficient (Wildman–Crippen LogP) is 2.06. The van der Waals surface area contributed by atoms with Gasteiger partial charge in [-0.15, -0.1) is 0 Å². The molecule has 1 unspecified atom stereocenters. The SMILES string of the molecule is COCC(CN)Oc1cccc(C(F)(F)F)c1. The number of hydrogen-bond acceptors (Lipinski definition) is 3. The van der Waals surface area contributed by atoms with Gasteiger partial charge in [-0.05, 0) is 18.2 Å². The topological polar surface area (TPSA) is 44.5 Å². The van der Waals surface area contributed by atoms with Crippen LogP contribution in [0.1, 0.15) is 5.56 Å². The van der Waals surface area contributed by atoms with Gasteiger partial charge in [-0.1, -0.05) is 6.07 Å². The molecule has 0 aliphatic rings. The van der Waals surface area contributed by atoms with E-state index in [1.54, 1.807) is 0 Å². The lowest BCUT2D eigenvalue weighted by Crippen LogP contribution is -2.31. The minimum Gasteiger partial charge on any atom is -0.487 e. The molecule has 1 rings (SSSR count). The Bertz CT molecular complexity index is 355. The summed E-state index contributed by atoms with van der Waals surface area (Å²) in [6.07, 6.45) is -4.83. The normalized spacial score (nSPS) is 13.5. The fourth-order valence-corrected chi connectivity index (χ4v) is 1.27. The maximum atomic E-state index is 12.4. The van der Waals surface area contributed by atoms with E-state index < -0.39 is 17.8 Å². The minimum atomic E-state index is -4.38. The lowest BCUT2D eigenvalue weighted by molar-refractivity contribution is -0.137. The van der Waals surface area contributed by atoms with Gasteiger partial charge in [0, 0.05) is 13.7 Å². The van der Waals surface area contributed by atoms with Crippen LogP contribution in [0.5, 0.6) is 5.75 Å².